The van der Waals surface area contributed by atoms with Crippen molar-refractivity contribution in [1.82, 2.24) is 9.97 Å². The first kappa shape index (κ1) is 17.5. The zero-order valence-corrected chi connectivity index (χ0v) is 15.1. The van der Waals surface area contributed by atoms with Crippen molar-refractivity contribution < 1.29 is 14.2 Å². The summed E-state index contributed by atoms with van der Waals surface area (Å²) in [5.74, 6) is 2.80. The SMILES string of the molecule is CCOc1cc(CN(C)c2cc([C@H]3CCOC3)ncn2)ccc1OC. The van der Waals surface area contributed by atoms with Crippen LogP contribution in [0.2, 0.25) is 0 Å². The fraction of sp³-hybridized carbons (Fsp3) is 0.474. The molecule has 6 heteroatoms. The van der Waals surface area contributed by atoms with E-state index in [1.54, 1.807) is 13.4 Å². The highest BCUT2D eigenvalue weighted by atomic mass is 16.5. The molecule has 0 aliphatic carbocycles. The summed E-state index contributed by atoms with van der Waals surface area (Å²) in [5.41, 5.74) is 2.19. The fourth-order valence-corrected chi connectivity index (χ4v) is 3.00. The molecule has 1 aromatic heterocycles. The number of anilines is 1. The molecule has 1 atom stereocenters. The topological polar surface area (TPSA) is 56.7 Å². The van der Waals surface area contributed by atoms with Crippen molar-refractivity contribution >= 4 is 5.82 Å². The predicted molar refractivity (Wildman–Crippen MR) is 96.5 cm³/mol. The Kier molecular flexibility index (Phi) is 5.71. The number of nitrogens with zero attached hydrogens (tertiary/aromatic N) is 3. The first-order chi connectivity index (χ1) is 12.2. The average Bonchev–Trinajstić information content (AvgIpc) is 3.17. The summed E-state index contributed by atoms with van der Waals surface area (Å²) in [6.45, 7) is 4.85. The minimum absolute atomic E-state index is 0.376. The highest BCUT2D eigenvalue weighted by Gasteiger charge is 2.20. The van der Waals surface area contributed by atoms with Gasteiger partial charge in [-0.1, -0.05) is 6.07 Å². The summed E-state index contributed by atoms with van der Waals surface area (Å²) in [4.78, 5) is 10.9. The van der Waals surface area contributed by atoms with Crippen molar-refractivity contribution in [2.24, 2.45) is 0 Å². The van der Waals surface area contributed by atoms with E-state index in [0.29, 0.717) is 12.5 Å². The van der Waals surface area contributed by atoms with Crippen LogP contribution in [0.15, 0.2) is 30.6 Å². The van der Waals surface area contributed by atoms with E-state index < -0.39 is 0 Å². The maximum Gasteiger partial charge on any atom is 0.161 e. The molecular weight excluding hydrogens is 318 g/mol. The van der Waals surface area contributed by atoms with Crippen LogP contribution in [-0.2, 0) is 11.3 Å². The predicted octanol–water partition coefficient (Wildman–Crippen LogP) is 3.02. The van der Waals surface area contributed by atoms with Gasteiger partial charge in [0.15, 0.2) is 11.5 Å². The molecule has 0 amide bonds. The van der Waals surface area contributed by atoms with E-state index in [1.165, 1.54) is 0 Å². The van der Waals surface area contributed by atoms with Gasteiger partial charge >= 0.3 is 0 Å². The Balaban J connectivity index is 1.74. The zero-order chi connectivity index (χ0) is 17.6. The highest BCUT2D eigenvalue weighted by Crippen LogP contribution is 2.29. The van der Waals surface area contributed by atoms with Gasteiger partial charge in [0, 0.05) is 32.2 Å². The minimum atomic E-state index is 0.376. The number of benzene rings is 1. The highest BCUT2D eigenvalue weighted by molar-refractivity contribution is 5.45. The van der Waals surface area contributed by atoms with Crippen molar-refractivity contribution in [2.45, 2.75) is 25.8 Å². The summed E-state index contributed by atoms with van der Waals surface area (Å²) < 4.78 is 16.5. The Morgan fingerprint density at radius 2 is 2.12 bits per heavy atom. The minimum Gasteiger partial charge on any atom is -0.493 e. The van der Waals surface area contributed by atoms with Crippen LogP contribution in [0.5, 0.6) is 11.5 Å². The van der Waals surface area contributed by atoms with Crippen molar-refractivity contribution in [1.29, 1.82) is 0 Å². The van der Waals surface area contributed by atoms with Crippen molar-refractivity contribution in [2.75, 3.05) is 38.9 Å². The molecule has 0 saturated carbocycles. The molecule has 2 aromatic rings. The van der Waals surface area contributed by atoms with Crippen LogP contribution >= 0.6 is 0 Å². The van der Waals surface area contributed by atoms with Crippen LogP contribution in [0.1, 0.15) is 30.5 Å². The number of ether oxygens (including phenoxy) is 3. The Hall–Kier alpha value is -2.34. The molecule has 0 N–H and O–H groups in total. The Morgan fingerprint density at radius 1 is 1.24 bits per heavy atom. The third kappa shape index (κ3) is 4.20. The van der Waals surface area contributed by atoms with Crippen molar-refractivity contribution in [3.8, 4) is 11.5 Å². The summed E-state index contributed by atoms with van der Waals surface area (Å²) in [5, 5.41) is 0. The molecule has 1 aliphatic heterocycles. The van der Waals surface area contributed by atoms with Crippen LogP contribution < -0.4 is 14.4 Å². The summed E-state index contributed by atoms with van der Waals surface area (Å²) in [6.07, 6.45) is 2.66. The molecular formula is C19H25N3O3. The summed E-state index contributed by atoms with van der Waals surface area (Å²) in [6, 6.07) is 8.07. The normalized spacial score (nSPS) is 16.7. The summed E-state index contributed by atoms with van der Waals surface area (Å²) in [7, 11) is 3.68. The monoisotopic (exact) mass is 343 g/mol. The van der Waals surface area contributed by atoms with E-state index >= 15 is 0 Å². The van der Waals surface area contributed by atoms with E-state index in [2.05, 4.69) is 20.9 Å². The molecule has 134 valence electrons. The fourth-order valence-electron chi connectivity index (χ4n) is 3.00. The smallest absolute Gasteiger partial charge is 0.161 e. The molecule has 0 radical (unpaired) electrons. The number of aromatic nitrogens is 2. The third-order valence-electron chi connectivity index (χ3n) is 4.36. The van der Waals surface area contributed by atoms with Crippen molar-refractivity contribution in [3.05, 3.63) is 41.9 Å². The number of hydrogen-bond acceptors (Lipinski definition) is 6. The molecule has 0 spiro atoms. The lowest BCUT2D eigenvalue weighted by Gasteiger charge is -2.20. The molecule has 1 saturated heterocycles. The van der Waals surface area contributed by atoms with Gasteiger partial charge in [0.1, 0.15) is 12.1 Å². The maximum atomic E-state index is 5.66. The summed E-state index contributed by atoms with van der Waals surface area (Å²) >= 11 is 0. The molecule has 1 aromatic carbocycles. The van der Waals surface area contributed by atoms with Gasteiger partial charge in [-0.05, 0) is 31.0 Å². The second-order valence-electron chi connectivity index (χ2n) is 6.14. The van der Waals surface area contributed by atoms with E-state index in [1.807, 2.05) is 32.2 Å². The Bertz CT molecular complexity index is 702. The van der Waals surface area contributed by atoms with Gasteiger partial charge in [-0.2, -0.15) is 0 Å². The van der Waals surface area contributed by atoms with Crippen LogP contribution in [-0.4, -0.2) is 43.9 Å². The standard InChI is InChI=1S/C19H25N3O3/c1-4-25-18-9-14(5-6-17(18)23-3)11-22(2)19-10-16(20-13-21-19)15-7-8-24-12-15/h5-6,9-10,13,15H,4,7-8,11-12H2,1-3H3/t15-/m0/s1. The van der Waals surface area contributed by atoms with Crippen molar-refractivity contribution in [3.63, 3.8) is 0 Å². The molecule has 25 heavy (non-hydrogen) atoms. The van der Waals surface area contributed by atoms with Gasteiger partial charge in [-0.3, -0.25) is 0 Å². The van der Waals surface area contributed by atoms with Crippen LogP contribution in [0.25, 0.3) is 0 Å². The van der Waals surface area contributed by atoms with Gasteiger partial charge in [0.05, 0.1) is 26.0 Å². The van der Waals surface area contributed by atoms with Gasteiger partial charge in [-0.25, -0.2) is 9.97 Å². The van der Waals surface area contributed by atoms with E-state index in [0.717, 1.165) is 54.8 Å². The zero-order valence-electron chi connectivity index (χ0n) is 15.1. The first-order valence-corrected chi connectivity index (χ1v) is 8.61. The molecule has 0 bridgehead atoms. The quantitative estimate of drug-likeness (QED) is 0.770. The maximum absolute atomic E-state index is 5.66. The first-order valence-electron chi connectivity index (χ1n) is 8.61. The van der Waals surface area contributed by atoms with Crippen LogP contribution in [0.3, 0.4) is 0 Å². The van der Waals surface area contributed by atoms with E-state index in [4.69, 9.17) is 14.2 Å². The Morgan fingerprint density at radius 3 is 2.84 bits per heavy atom. The number of hydrogen-bond donors (Lipinski definition) is 0. The molecule has 1 aliphatic rings. The third-order valence-corrected chi connectivity index (χ3v) is 4.36. The van der Waals surface area contributed by atoms with E-state index in [-0.39, 0.29) is 0 Å². The van der Waals surface area contributed by atoms with Crippen LogP contribution in [0.4, 0.5) is 5.82 Å². The molecule has 6 nitrogen and oxygen atoms in total. The second kappa shape index (κ2) is 8.16. The average molecular weight is 343 g/mol. The molecule has 0 unspecified atom stereocenters. The second-order valence-corrected chi connectivity index (χ2v) is 6.14. The molecule has 1 fully saturated rings. The van der Waals surface area contributed by atoms with Gasteiger partial charge in [0.25, 0.3) is 0 Å². The van der Waals surface area contributed by atoms with Crippen LogP contribution in [0, 0.1) is 0 Å². The molecule has 3 rings (SSSR count). The van der Waals surface area contributed by atoms with Gasteiger partial charge < -0.3 is 19.1 Å². The lowest BCUT2D eigenvalue weighted by Crippen LogP contribution is -2.18. The lowest BCUT2D eigenvalue weighted by atomic mass is 10.0. The molecule has 2 heterocycles. The number of methoxy groups -OCH3 is 1. The lowest BCUT2D eigenvalue weighted by molar-refractivity contribution is 0.193. The van der Waals surface area contributed by atoms with Gasteiger partial charge in [0.2, 0.25) is 0 Å². The van der Waals surface area contributed by atoms with E-state index in [9.17, 15) is 0 Å². The Labute approximate surface area is 148 Å². The van der Waals surface area contributed by atoms with Gasteiger partial charge in [-0.15, -0.1) is 0 Å². The number of rotatable bonds is 7. The largest absolute Gasteiger partial charge is 0.493 e.